The van der Waals surface area contributed by atoms with Crippen molar-refractivity contribution >= 4 is 35.8 Å². The van der Waals surface area contributed by atoms with Crippen LogP contribution in [0.5, 0.6) is 0 Å². The Balaban J connectivity index is 1.26. The van der Waals surface area contributed by atoms with Gasteiger partial charge in [-0.2, -0.15) is 0 Å². The van der Waals surface area contributed by atoms with Crippen molar-refractivity contribution in [2.75, 3.05) is 12.3 Å². The summed E-state index contributed by atoms with van der Waals surface area (Å²) in [6.07, 6.45) is 0.489. The zero-order valence-electron chi connectivity index (χ0n) is 15.8. The first-order valence-corrected chi connectivity index (χ1v) is 10.7. The Morgan fingerprint density at radius 2 is 2.13 bits per heavy atom. The molecule has 4 atom stereocenters. The summed E-state index contributed by atoms with van der Waals surface area (Å²) in [6.45, 7) is -0.401. The second kappa shape index (κ2) is 7.51. The Bertz CT molecular complexity index is 1290. The van der Waals surface area contributed by atoms with E-state index in [9.17, 15) is 14.6 Å². The Morgan fingerprint density at radius 1 is 1.29 bits per heavy atom. The molecule has 0 aliphatic carbocycles. The molecular weight excluding hydrogens is 431 g/mol. The van der Waals surface area contributed by atoms with Crippen LogP contribution in [0.25, 0.3) is 22.2 Å². The predicted octanol–water partition coefficient (Wildman–Crippen LogP) is 0.0474. The summed E-state index contributed by atoms with van der Waals surface area (Å²) in [5.74, 6) is 0.223. The van der Waals surface area contributed by atoms with Crippen molar-refractivity contribution in [3.05, 3.63) is 36.9 Å². The van der Waals surface area contributed by atoms with E-state index in [-0.39, 0.29) is 12.2 Å². The van der Waals surface area contributed by atoms with Gasteiger partial charge in [-0.1, -0.05) is 17.0 Å². The van der Waals surface area contributed by atoms with Gasteiger partial charge in [0.1, 0.15) is 35.2 Å². The van der Waals surface area contributed by atoms with Crippen molar-refractivity contribution in [1.82, 2.24) is 34.7 Å². The normalized spacial score (nSPS) is 23.4. The summed E-state index contributed by atoms with van der Waals surface area (Å²) < 4.78 is 29.7. The predicted molar refractivity (Wildman–Crippen MR) is 104 cm³/mol. The fourth-order valence-corrected chi connectivity index (χ4v) is 4.01. The molecule has 1 aliphatic heterocycles. The number of para-hydroxylation sites is 1. The van der Waals surface area contributed by atoms with Gasteiger partial charge in [0.05, 0.1) is 19.0 Å². The molecule has 0 radical (unpaired) electrons. The second-order valence-electron chi connectivity index (χ2n) is 6.81. The lowest BCUT2D eigenvalue weighted by Crippen LogP contribution is -2.27. The number of aliphatic hydroxyl groups excluding tert-OH is 1. The first-order valence-electron chi connectivity index (χ1n) is 9.16. The van der Waals surface area contributed by atoms with Crippen LogP contribution in [-0.4, -0.2) is 63.5 Å². The first kappa shape index (κ1) is 19.8. The molecule has 4 heterocycles. The van der Waals surface area contributed by atoms with E-state index in [1.54, 1.807) is 28.8 Å². The van der Waals surface area contributed by atoms with Crippen LogP contribution in [-0.2, 0) is 13.8 Å². The number of hydrogen-bond donors (Lipinski definition) is 3. The molecule has 5 rings (SSSR count). The number of benzene rings is 1. The van der Waals surface area contributed by atoms with Gasteiger partial charge in [-0.15, -0.1) is 5.10 Å². The summed E-state index contributed by atoms with van der Waals surface area (Å²) in [4.78, 5) is 23.1. The largest absolute Gasteiger partial charge is 0.547 e. The third-order valence-corrected chi connectivity index (χ3v) is 5.64. The molecular formula is C16H17N8O6P. The molecule has 1 saturated heterocycles. The number of aliphatic hydroxyl groups is 1. The Hall–Kier alpha value is -3.16. The van der Waals surface area contributed by atoms with Crippen LogP contribution in [0, 0.1) is 0 Å². The quantitative estimate of drug-likeness (QED) is 0.337. The highest BCUT2D eigenvalue weighted by molar-refractivity contribution is 7.47. The van der Waals surface area contributed by atoms with Gasteiger partial charge >= 0.3 is 7.82 Å². The van der Waals surface area contributed by atoms with Crippen molar-refractivity contribution in [1.29, 1.82) is 0 Å². The maximum Gasteiger partial charge on any atom is 0.547 e. The monoisotopic (exact) mass is 448 g/mol. The highest BCUT2D eigenvalue weighted by Gasteiger charge is 2.38. The molecule has 4 aromatic rings. The molecule has 1 aromatic carbocycles. The van der Waals surface area contributed by atoms with Crippen molar-refractivity contribution in [3.63, 3.8) is 0 Å². The topological polar surface area (TPSA) is 186 Å². The van der Waals surface area contributed by atoms with Gasteiger partial charge < -0.3 is 15.6 Å². The second-order valence-corrected chi connectivity index (χ2v) is 8.17. The standard InChI is InChI=1S/C16H17N8O6P/c17-15-14-16(19-7-18-15)23(8-20-14)13-5-11(25)12(29-13)6-28-31(26,27)30-24-10-4-2-1-3-9(10)21-22-24/h1-4,7-8,11-13,25H,5-6H2,(H,26,27)(H2,17,18,19)/t11-,12+,13+/m0/s1. The van der Waals surface area contributed by atoms with Gasteiger partial charge in [-0.25, -0.2) is 19.5 Å². The van der Waals surface area contributed by atoms with Gasteiger partial charge in [-0.3, -0.25) is 18.6 Å². The summed E-state index contributed by atoms with van der Waals surface area (Å²) >= 11 is 0. The van der Waals surface area contributed by atoms with Crippen LogP contribution < -0.4 is 10.4 Å². The number of nitrogens with two attached hydrogens (primary N) is 1. The number of rotatable bonds is 6. The molecule has 1 aliphatic rings. The van der Waals surface area contributed by atoms with Gasteiger partial charge in [-0.05, 0) is 17.3 Å². The number of phosphoric acid groups is 1. The van der Waals surface area contributed by atoms with E-state index in [0.29, 0.717) is 22.2 Å². The van der Waals surface area contributed by atoms with E-state index in [2.05, 4.69) is 25.3 Å². The Kier molecular flexibility index (Phi) is 4.79. The van der Waals surface area contributed by atoms with Crippen molar-refractivity contribution in [2.45, 2.75) is 24.9 Å². The molecule has 162 valence electrons. The molecule has 4 N–H and O–H groups in total. The molecule has 3 aromatic heterocycles. The van der Waals surface area contributed by atoms with E-state index in [4.69, 9.17) is 19.6 Å². The number of aromatic nitrogens is 7. The van der Waals surface area contributed by atoms with E-state index in [1.165, 1.54) is 12.7 Å². The number of nitrogen functional groups attached to an aromatic ring is 1. The lowest BCUT2D eigenvalue weighted by atomic mass is 10.2. The minimum Gasteiger partial charge on any atom is -0.390 e. The minimum atomic E-state index is -4.58. The molecule has 31 heavy (non-hydrogen) atoms. The number of hydrogen-bond acceptors (Lipinski definition) is 11. The minimum absolute atomic E-state index is 0.188. The molecule has 1 unspecified atom stereocenters. The van der Waals surface area contributed by atoms with Crippen molar-refractivity contribution in [3.8, 4) is 0 Å². The van der Waals surface area contributed by atoms with Gasteiger partial charge in [0, 0.05) is 6.42 Å². The average molecular weight is 448 g/mol. The Morgan fingerprint density at radius 3 is 3.00 bits per heavy atom. The summed E-state index contributed by atoms with van der Waals surface area (Å²) in [7, 11) is -4.58. The zero-order chi connectivity index (χ0) is 21.6. The SMILES string of the molecule is Nc1ncnc2c1ncn2[C@H]1C[C@H](O)[C@@H](COP(=O)(O)On2nnc3ccccc32)O1. The first-order chi connectivity index (χ1) is 14.9. The van der Waals surface area contributed by atoms with Crippen LogP contribution >= 0.6 is 7.82 Å². The molecule has 0 saturated carbocycles. The molecule has 0 bridgehead atoms. The highest BCUT2D eigenvalue weighted by atomic mass is 31.2. The molecule has 14 nitrogen and oxygen atoms in total. The number of imidazole rings is 1. The number of nitrogens with zero attached hydrogens (tertiary/aromatic N) is 7. The lowest BCUT2D eigenvalue weighted by Gasteiger charge is -2.17. The maximum absolute atomic E-state index is 12.4. The number of ether oxygens (including phenoxy) is 1. The molecule has 15 heteroatoms. The molecule has 0 spiro atoms. The number of anilines is 1. The number of fused-ring (bicyclic) bond motifs is 2. The van der Waals surface area contributed by atoms with E-state index in [0.717, 1.165) is 4.85 Å². The zero-order valence-corrected chi connectivity index (χ0v) is 16.7. The van der Waals surface area contributed by atoms with E-state index < -0.39 is 32.9 Å². The fraction of sp³-hybridized carbons (Fsp3) is 0.312. The summed E-state index contributed by atoms with van der Waals surface area (Å²) in [5.41, 5.74) is 7.52. The van der Waals surface area contributed by atoms with Crippen LogP contribution in [0.2, 0.25) is 0 Å². The summed E-state index contributed by atoms with van der Waals surface area (Å²) in [6, 6.07) is 6.74. The van der Waals surface area contributed by atoms with E-state index >= 15 is 0 Å². The van der Waals surface area contributed by atoms with Crippen molar-refractivity contribution < 1.29 is 28.5 Å². The van der Waals surface area contributed by atoms with Crippen LogP contribution in [0.1, 0.15) is 12.6 Å². The highest BCUT2D eigenvalue weighted by Crippen LogP contribution is 2.41. The van der Waals surface area contributed by atoms with Crippen LogP contribution in [0.15, 0.2) is 36.9 Å². The molecule has 1 fully saturated rings. The van der Waals surface area contributed by atoms with E-state index in [1.807, 2.05) is 0 Å². The van der Waals surface area contributed by atoms with Crippen molar-refractivity contribution in [2.24, 2.45) is 0 Å². The van der Waals surface area contributed by atoms with Gasteiger partial charge in [0.15, 0.2) is 11.5 Å². The third kappa shape index (κ3) is 3.71. The molecule has 0 amide bonds. The summed E-state index contributed by atoms with van der Waals surface area (Å²) in [5, 5.41) is 17.8. The smallest absolute Gasteiger partial charge is 0.390 e. The Labute approximate surface area is 173 Å². The third-order valence-electron chi connectivity index (χ3n) is 4.81. The van der Waals surface area contributed by atoms with Crippen LogP contribution in [0.3, 0.4) is 0 Å². The van der Waals surface area contributed by atoms with Gasteiger partial charge in [0.25, 0.3) is 0 Å². The average Bonchev–Trinajstić information content (AvgIpc) is 3.44. The van der Waals surface area contributed by atoms with Gasteiger partial charge in [0.2, 0.25) is 0 Å². The maximum atomic E-state index is 12.4. The lowest BCUT2D eigenvalue weighted by molar-refractivity contribution is -0.0445. The fourth-order valence-electron chi connectivity index (χ4n) is 3.31. The number of phosphoric ester groups is 1. The van der Waals surface area contributed by atoms with Crippen LogP contribution in [0.4, 0.5) is 5.82 Å².